The molecule has 0 unspecified atom stereocenters. The fraction of sp³-hybridized carbons (Fsp3) is 0.0769. The van der Waals surface area contributed by atoms with Crippen LogP contribution in [0.4, 0.5) is 0 Å². The van der Waals surface area contributed by atoms with Crippen LogP contribution in [0.5, 0.6) is 5.75 Å². The van der Waals surface area contributed by atoms with Crippen molar-refractivity contribution in [3.63, 3.8) is 0 Å². The van der Waals surface area contributed by atoms with Gasteiger partial charge in [-0.25, -0.2) is 4.57 Å². The van der Waals surface area contributed by atoms with Gasteiger partial charge < -0.3 is 9.99 Å². The van der Waals surface area contributed by atoms with Crippen molar-refractivity contribution in [3.05, 3.63) is 55.9 Å². The summed E-state index contributed by atoms with van der Waals surface area (Å²) in [6.07, 6.45) is 1.50. The second-order valence-electron chi connectivity index (χ2n) is 4.11. The molecule has 0 amide bonds. The lowest BCUT2D eigenvalue weighted by atomic mass is 10.2. The van der Waals surface area contributed by atoms with E-state index in [1.807, 2.05) is 0 Å². The van der Waals surface area contributed by atoms with Crippen LogP contribution in [0.2, 0.25) is 5.02 Å². The molecule has 0 saturated heterocycles. The zero-order valence-corrected chi connectivity index (χ0v) is 10.8. The van der Waals surface area contributed by atoms with E-state index >= 15 is 0 Å². The van der Waals surface area contributed by atoms with Gasteiger partial charge in [-0.1, -0.05) is 11.6 Å². The number of rotatable bonds is 1. The Hall–Kier alpha value is -2.31. The number of hydrogen-bond acceptors (Lipinski definition) is 5. The molecule has 1 aromatic heterocycles. The van der Waals surface area contributed by atoms with E-state index in [1.54, 1.807) is 6.07 Å². The highest BCUT2D eigenvalue weighted by atomic mass is 35.5. The zero-order valence-electron chi connectivity index (χ0n) is 10.00. The molecule has 1 aliphatic rings. The zero-order chi connectivity index (χ0) is 14.3. The molecule has 1 aromatic carbocycles. The van der Waals surface area contributed by atoms with Crippen molar-refractivity contribution in [2.75, 3.05) is 6.61 Å². The molecule has 7 heteroatoms. The first kappa shape index (κ1) is 12.7. The topological polar surface area (TPSA) is 77.8 Å². The van der Waals surface area contributed by atoms with Crippen LogP contribution < -0.4 is 11.0 Å². The lowest BCUT2D eigenvalue weighted by Crippen LogP contribution is -2.30. The Bertz CT molecular complexity index is 856. The van der Waals surface area contributed by atoms with Crippen LogP contribution in [0, 0.1) is 0 Å². The summed E-state index contributed by atoms with van der Waals surface area (Å²) in [5.41, 5.74) is -1.49. The van der Waals surface area contributed by atoms with E-state index in [9.17, 15) is 14.7 Å². The van der Waals surface area contributed by atoms with Crippen molar-refractivity contribution in [1.82, 2.24) is 4.57 Å². The average molecular weight is 294 g/mol. The van der Waals surface area contributed by atoms with Crippen molar-refractivity contribution in [2.24, 2.45) is 0 Å². The van der Waals surface area contributed by atoms with Gasteiger partial charge in [-0.3, -0.25) is 9.59 Å². The molecular weight excluding hydrogens is 286 g/mol. The quantitative estimate of drug-likeness (QED) is 0.636. The maximum Gasteiger partial charge on any atom is 0.305 e. The molecule has 6 nitrogen and oxygen atoms in total. The first-order valence-electron chi connectivity index (χ1n) is 5.66. The minimum absolute atomic E-state index is 0.0648. The van der Waals surface area contributed by atoms with Crippen molar-refractivity contribution in [1.29, 1.82) is 0 Å². The summed E-state index contributed by atoms with van der Waals surface area (Å²) in [5.74, 6) is -0.244. The number of fused-ring (bicyclic) bond motifs is 1. The van der Waals surface area contributed by atoms with Gasteiger partial charge >= 0.3 is 5.56 Å². The summed E-state index contributed by atoms with van der Waals surface area (Å²) in [6.45, 7) is 0.155. The van der Waals surface area contributed by atoms with Gasteiger partial charge in [0.05, 0.1) is 5.52 Å². The molecule has 2 heterocycles. The average Bonchev–Trinajstić information content (AvgIpc) is 2.89. The molecule has 1 aliphatic heterocycles. The van der Waals surface area contributed by atoms with E-state index < -0.39 is 11.0 Å². The summed E-state index contributed by atoms with van der Waals surface area (Å²) in [6, 6.07) is 5.38. The highest BCUT2D eigenvalue weighted by molar-refractivity contribution is 6.31. The third-order valence-corrected chi connectivity index (χ3v) is 3.08. The molecule has 3 rings (SSSR count). The summed E-state index contributed by atoms with van der Waals surface area (Å²) in [4.78, 5) is 33.5. The van der Waals surface area contributed by atoms with E-state index in [-0.39, 0.29) is 23.8 Å². The minimum Gasteiger partial charge on any atom is -0.507 e. The van der Waals surface area contributed by atoms with Gasteiger partial charge in [-0.05, 0) is 18.2 Å². The summed E-state index contributed by atoms with van der Waals surface area (Å²) in [7, 11) is 0. The molecule has 20 heavy (non-hydrogen) atoms. The van der Waals surface area contributed by atoms with Crippen molar-refractivity contribution >= 4 is 28.4 Å². The summed E-state index contributed by atoms with van der Waals surface area (Å²) in [5, 5.41) is 10.6. The number of nitrogens with zero attached hydrogens (tertiary/aromatic N) is 1. The molecule has 0 saturated carbocycles. The lowest BCUT2D eigenvalue weighted by molar-refractivity contribution is -0.213. The minimum atomic E-state index is -0.869. The summed E-state index contributed by atoms with van der Waals surface area (Å²) < 4.78 is 1.02. The van der Waals surface area contributed by atoms with Crippen LogP contribution in [-0.2, 0) is 9.78 Å². The number of aromatic hydroxyl groups is 1. The maximum atomic E-state index is 12.2. The van der Waals surface area contributed by atoms with Gasteiger partial charge in [-0.15, -0.1) is 0 Å². The van der Waals surface area contributed by atoms with Gasteiger partial charge in [-0.2, -0.15) is 4.89 Å². The van der Waals surface area contributed by atoms with Crippen LogP contribution in [0.25, 0.3) is 16.8 Å². The number of halogens is 1. The molecule has 0 bridgehead atoms. The molecule has 2 aromatic rings. The number of aromatic nitrogens is 1. The molecule has 0 radical (unpaired) electrons. The molecule has 0 fully saturated rings. The van der Waals surface area contributed by atoms with Gasteiger partial charge in [0.15, 0.2) is 0 Å². The van der Waals surface area contributed by atoms with Gasteiger partial charge in [0, 0.05) is 22.6 Å². The third-order valence-electron chi connectivity index (χ3n) is 2.85. The van der Waals surface area contributed by atoms with Gasteiger partial charge in [0.2, 0.25) is 11.3 Å². The fourth-order valence-corrected chi connectivity index (χ4v) is 2.14. The van der Waals surface area contributed by atoms with Crippen LogP contribution in [-0.4, -0.2) is 16.3 Å². The Kier molecular flexibility index (Phi) is 2.96. The van der Waals surface area contributed by atoms with Gasteiger partial charge in [0.25, 0.3) is 0 Å². The Balaban J connectivity index is 2.57. The Morgan fingerprint density at radius 1 is 1.25 bits per heavy atom. The van der Waals surface area contributed by atoms with Crippen molar-refractivity contribution in [3.8, 4) is 5.75 Å². The first-order valence-corrected chi connectivity index (χ1v) is 6.04. The van der Waals surface area contributed by atoms with Crippen LogP contribution in [0.15, 0.2) is 39.9 Å². The highest BCUT2D eigenvalue weighted by Crippen LogP contribution is 2.26. The van der Waals surface area contributed by atoms with E-state index in [1.165, 1.54) is 18.2 Å². The SMILES string of the molecule is O=c1cc(O)c2ccc(Cl)cc2n(C2=CCOO2)c1=O. The Morgan fingerprint density at radius 2 is 2.05 bits per heavy atom. The standard InChI is InChI=1S/C13H8ClNO5/c14-7-1-2-8-9(5-7)15(12-3-4-19-20-12)13(18)11(17)6-10(8)16/h1-3,5-6,16H,4H2. The Morgan fingerprint density at radius 3 is 2.75 bits per heavy atom. The summed E-state index contributed by atoms with van der Waals surface area (Å²) >= 11 is 5.92. The molecule has 102 valence electrons. The smallest absolute Gasteiger partial charge is 0.305 e. The van der Waals surface area contributed by atoms with E-state index in [4.69, 9.17) is 21.4 Å². The third kappa shape index (κ3) is 1.95. The van der Waals surface area contributed by atoms with Crippen molar-refractivity contribution in [2.45, 2.75) is 0 Å². The monoisotopic (exact) mass is 293 g/mol. The van der Waals surface area contributed by atoms with Crippen LogP contribution in [0.3, 0.4) is 0 Å². The maximum absolute atomic E-state index is 12.2. The van der Waals surface area contributed by atoms with E-state index in [2.05, 4.69) is 0 Å². The predicted molar refractivity (Wildman–Crippen MR) is 72.5 cm³/mol. The van der Waals surface area contributed by atoms with Crippen LogP contribution >= 0.6 is 11.6 Å². The van der Waals surface area contributed by atoms with Gasteiger partial charge in [0.1, 0.15) is 12.4 Å². The number of benzene rings is 1. The second kappa shape index (κ2) is 4.66. The fourth-order valence-electron chi connectivity index (χ4n) is 1.97. The number of hydrogen-bond donors (Lipinski definition) is 1. The predicted octanol–water partition coefficient (Wildman–Crippen LogP) is 1.48. The molecule has 0 aliphatic carbocycles. The van der Waals surface area contributed by atoms with E-state index in [0.29, 0.717) is 10.4 Å². The van der Waals surface area contributed by atoms with Crippen molar-refractivity contribution < 1.29 is 14.9 Å². The van der Waals surface area contributed by atoms with Crippen LogP contribution in [0.1, 0.15) is 0 Å². The molecular formula is C13H8ClNO5. The molecule has 1 N–H and O–H groups in total. The normalized spacial score (nSPS) is 14.2. The first-order chi connectivity index (χ1) is 9.58. The highest BCUT2D eigenvalue weighted by Gasteiger charge is 2.17. The largest absolute Gasteiger partial charge is 0.507 e. The lowest BCUT2D eigenvalue weighted by Gasteiger charge is -2.06. The Labute approximate surface area is 117 Å². The van der Waals surface area contributed by atoms with E-state index in [0.717, 1.165) is 10.6 Å². The second-order valence-corrected chi connectivity index (χ2v) is 4.54. The molecule has 0 spiro atoms. The molecule has 0 atom stereocenters.